The van der Waals surface area contributed by atoms with Crippen LogP contribution >= 0.6 is 0 Å². The molecule has 0 aliphatic carbocycles. The van der Waals surface area contributed by atoms with Crippen molar-refractivity contribution >= 4 is 0 Å². The molecule has 124 valence electrons. The summed E-state index contributed by atoms with van der Waals surface area (Å²) in [7, 11) is 0. The number of allylic oxidation sites excluding steroid dienone is 2. The Balaban J connectivity index is 2.65. The summed E-state index contributed by atoms with van der Waals surface area (Å²) in [5, 5.41) is 38.3. The van der Waals surface area contributed by atoms with Gasteiger partial charge in [0.25, 0.3) is 0 Å². The smallest absolute Gasteiger partial charge is 0.187 e. The van der Waals surface area contributed by atoms with Crippen molar-refractivity contribution in [1.82, 2.24) is 0 Å². The lowest BCUT2D eigenvalue weighted by Gasteiger charge is -2.31. The van der Waals surface area contributed by atoms with Crippen molar-refractivity contribution < 1.29 is 29.9 Å². The highest BCUT2D eigenvalue weighted by molar-refractivity contribution is 4.93. The lowest BCUT2D eigenvalue weighted by atomic mass is 9.94. The summed E-state index contributed by atoms with van der Waals surface area (Å²) in [6.07, 6.45) is -1.14. The highest BCUT2D eigenvalue weighted by Crippen LogP contribution is 2.30. The summed E-state index contributed by atoms with van der Waals surface area (Å²) in [4.78, 5) is 0. The van der Waals surface area contributed by atoms with Crippen LogP contribution < -0.4 is 0 Å². The minimum absolute atomic E-state index is 0.298. The quantitative estimate of drug-likeness (QED) is 0.501. The van der Waals surface area contributed by atoms with Gasteiger partial charge in [0, 0.05) is 0 Å². The minimum atomic E-state index is -1.29. The van der Waals surface area contributed by atoms with Gasteiger partial charge in [-0.3, -0.25) is 0 Å². The summed E-state index contributed by atoms with van der Waals surface area (Å²) < 4.78 is 11.1. The summed E-state index contributed by atoms with van der Waals surface area (Å²) in [6, 6.07) is 0. The molecule has 0 bridgehead atoms. The van der Waals surface area contributed by atoms with Gasteiger partial charge in [-0.1, -0.05) is 19.1 Å². The Morgan fingerprint density at radius 2 is 1.90 bits per heavy atom. The van der Waals surface area contributed by atoms with Crippen molar-refractivity contribution in [3.8, 4) is 0 Å². The minimum Gasteiger partial charge on any atom is -0.394 e. The molecule has 0 aromatic carbocycles. The number of aliphatic hydroxyl groups excluding tert-OH is 4. The van der Waals surface area contributed by atoms with Crippen LogP contribution in [0.15, 0.2) is 12.2 Å². The molecule has 1 heterocycles. The zero-order valence-electron chi connectivity index (χ0n) is 13.1. The average Bonchev–Trinajstić information content (AvgIpc) is 2.65. The Labute approximate surface area is 126 Å². The van der Waals surface area contributed by atoms with Gasteiger partial charge < -0.3 is 29.9 Å². The van der Waals surface area contributed by atoms with Gasteiger partial charge >= 0.3 is 0 Å². The van der Waals surface area contributed by atoms with E-state index in [1.807, 2.05) is 26.8 Å². The van der Waals surface area contributed by atoms with E-state index in [0.29, 0.717) is 12.3 Å². The molecule has 1 aliphatic heterocycles. The molecule has 4 N–H and O–H groups in total. The zero-order valence-corrected chi connectivity index (χ0v) is 13.1. The zero-order chi connectivity index (χ0) is 16.2. The highest BCUT2D eigenvalue weighted by Gasteiger charge is 2.48. The van der Waals surface area contributed by atoms with Crippen LogP contribution in [0, 0.1) is 5.92 Å². The second-order valence-corrected chi connectivity index (χ2v) is 6.28. The second kappa shape index (κ2) is 7.67. The summed E-state index contributed by atoms with van der Waals surface area (Å²) in [5.41, 5.74) is -0.566. The van der Waals surface area contributed by atoms with E-state index in [4.69, 9.17) is 14.6 Å². The fourth-order valence-electron chi connectivity index (χ4n) is 2.73. The van der Waals surface area contributed by atoms with Gasteiger partial charge in [-0.2, -0.15) is 0 Å². The van der Waals surface area contributed by atoms with Gasteiger partial charge in [0.2, 0.25) is 0 Å². The Kier molecular flexibility index (Phi) is 6.77. The summed E-state index contributed by atoms with van der Waals surface area (Å²) in [5.74, 6) is 0.298. The lowest BCUT2D eigenvalue weighted by molar-refractivity contribution is -0.228. The van der Waals surface area contributed by atoms with Crippen LogP contribution in [-0.2, 0) is 9.47 Å². The Bertz CT molecular complexity index is 343. The van der Waals surface area contributed by atoms with Crippen molar-refractivity contribution in [2.24, 2.45) is 5.92 Å². The Hall–Kier alpha value is -0.500. The molecule has 0 aromatic heterocycles. The van der Waals surface area contributed by atoms with Crippen LogP contribution in [0.25, 0.3) is 0 Å². The van der Waals surface area contributed by atoms with Gasteiger partial charge in [-0.25, -0.2) is 0 Å². The largest absolute Gasteiger partial charge is 0.394 e. The van der Waals surface area contributed by atoms with Crippen molar-refractivity contribution in [3.63, 3.8) is 0 Å². The predicted octanol–water partition coefficient (Wildman–Crippen LogP) is 0.184. The molecule has 1 fully saturated rings. The standard InChI is InChI=1S/C15H28O6/c1-5-6-9(2)7-15(3,4)21-14-12(19)11(18)13(20-14)10(17)8-16/h5-6,9-14,16-19H,7-8H2,1-4H3/b6-5-. The summed E-state index contributed by atoms with van der Waals surface area (Å²) >= 11 is 0. The van der Waals surface area contributed by atoms with Crippen LogP contribution in [0.5, 0.6) is 0 Å². The van der Waals surface area contributed by atoms with Gasteiger partial charge in [0.1, 0.15) is 24.4 Å². The van der Waals surface area contributed by atoms with Crippen LogP contribution in [0.1, 0.15) is 34.1 Å². The van der Waals surface area contributed by atoms with E-state index in [-0.39, 0.29) is 0 Å². The number of hydrogen-bond donors (Lipinski definition) is 4. The molecule has 0 spiro atoms. The molecule has 6 atom stereocenters. The monoisotopic (exact) mass is 304 g/mol. The molecule has 6 nitrogen and oxygen atoms in total. The van der Waals surface area contributed by atoms with Crippen molar-refractivity contribution in [1.29, 1.82) is 0 Å². The first-order chi connectivity index (χ1) is 9.71. The number of aliphatic hydroxyl groups is 4. The molecular formula is C15H28O6. The van der Waals surface area contributed by atoms with Gasteiger partial charge in [0.05, 0.1) is 12.2 Å². The van der Waals surface area contributed by atoms with E-state index in [2.05, 4.69) is 13.0 Å². The lowest BCUT2D eigenvalue weighted by Crippen LogP contribution is -2.41. The molecule has 0 aromatic rings. The van der Waals surface area contributed by atoms with Crippen molar-refractivity contribution in [2.45, 2.75) is 70.4 Å². The van der Waals surface area contributed by atoms with E-state index in [1.54, 1.807) is 0 Å². The molecule has 1 saturated heterocycles. The molecule has 0 saturated carbocycles. The molecule has 1 rings (SSSR count). The third-order valence-electron chi connectivity index (χ3n) is 3.59. The fourth-order valence-corrected chi connectivity index (χ4v) is 2.73. The first-order valence-electron chi connectivity index (χ1n) is 7.33. The maximum absolute atomic E-state index is 9.97. The van der Waals surface area contributed by atoms with E-state index >= 15 is 0 Å². The number of hydrogen-bond acceptors (Lipinski definition) is 6. The maximum Gasteiger partial charge on any atom is 0.187 e. The Morgan fingerprint density at radius 3 is 2.43 bits per heavy atom. The molecule has 1 aliphatic rings. The van der Waals surface area contributed by atoms with Crippen LogP contribution in [0.3, 0.4) is 0 Å². The normalized spacial score (nSPS) is 33.5. The third-order valence-corrected chi connectivity index (χ3v) is 3.59. The third kappa shape index (κ3) is 5.02. The molecule has 6 heteroatoms. The maximum atomic E-state index is 9.97. The van der Waals surface area contributed by atoms with Crippen molar-refractivity contribution in [2.75, 3.05) is 6.61 Å². The molecule has 21 heavy (non-hydrogen) atoms. The first kappa shape index (κ1) is 18.5. The molecule has 0 radical (unpaired) electrons. The van der Waals surface area contributed by atoms with Gasteiger partial charge in [-0.05, 0) is 33.1 Å². The van der Waals surface area contributed by atoms with Crippen LogP contribution in [-0.4, -0.2) is 63.3 Å². The predicted molar refractivity (Wildman–Crippen MR) is 77.5 cm³/mol. The van der Waals surface area contributed by atoms with Crippen LogP contribution in [0.2, 0.25) is 0 Å². The van der Waals surface area contributed by atoms with E-state index < -0.39 is 42.9 Å². The molecule has 6 unspecified atom stereocenters. The number of ether oxygens (including phenoxy) is 2. The summed E-state index contributed by atoms with van der Waals surface area (Å²) in [6.45, 7) is 7.22. The van der Waals surface area contributed by atoms with Crippen LogP contribution in [0.4, 0.5) is 0 Å². The fraction of sp³-hybridized carbons (Fsp3) is 0.867. The first-order valence-corrected chi connectivity index (χ1v) is 7.33. The topological polar surface area (TPSA) is 99.4 Å². The molecular weight excluding hydrogens is 276 g/mol. The van der Waals surface area contributed by atoms with Gasteiger partial charge in [0.15, 0.2) is 6.29 Å². The van der Waals surface area contributed by atoms with Gasteiger partial charge in [-0.15, -0.1) is 0 Å². The Morgan fingerprint density at radius 1 is 1.29 bits per heavy atom. The SMILES string of the molecule is C/C=C\C(C)CC(C)(C)OC1OC(C(O)CO)C(O)C1O. The van der Waals surface area contributed by atoms with Crippen molar-refractivity contribution in [3.05, 3.63) is 12.2 Å². The second-order valence-electron chi connectivity index (χ2n) is 6.28. The van der Waals surface area contributed by atoms with E-state index in [0.717, 1.165) is 0 Å². The average molecular weight is 304 g/mol. The van der Waals surface area contributed by atoms with E-state index in [1.165, 1.54) is 0 Å². The highest BCUT2D eigenvalue weighted by atomic mass is 16.7. The van der Waals surface area contributed by atoms with E-state index in [9.17, 15) is 15.3 Å². The molecule has 0 amide bonds. The number of rotatable bonds is 7.